The van der Waals surface area contributed by atoms with Crippen molar-refractivity contribution in [2.75, 3.05) is 30.5 Å². The van der Waals surface area contributed by atoms with Crippen LogP contribution in [-0.4, -0.2) is 44.0 Å². The maximum atomic E-state index is 11.0. The van der Waals surface area contributed by atoms with Crippen molar-refractivity contribution in [3.8, 4) is 0 Å². The third-order valence-electron chi connectivity index (χ3n) is 2.00. The minimum Gasteiger partial charge on any atom is -0.359 e. The zero-order chi connectivity index (χ0) is 12.3. The van der Waals surface area contributed by atoms with Gasteiger partial charge >= 0.3 is 0 Å². The Balaban J connectivity index is 2.76. The van der Waals surface area contributed by atoms with Gasteiger partial charge in [-0.1, -0.05) is 0 Å². The van der Waals surface area contributed by atoms with Gasteiger partial charge < -0.3 is 4.90 Å². The van der Waals surface area contributed by atoms with E-state index in [1.807, 2.05) is 6.92 Å². The van der Waals surface area contributed by atoms with Crippen molar-refractivity contribution >= 4 is 27.3 Å². The van der Waals surface area contributed by atoms with Gasteiger partial charge in [0.15, 0.2) is 0 Å². The molecular formula is C9H14ClN3O2S. The number of sulfone groups is 1. The smallest absolute Gasteiger partial charge is 0.224 e. The van der Waals surface area contributed by atoms with E-state index < -0.39 is 9.84 Å². The minimum atomic E-state index is -2.97. The molecule has 0 aliphatic rings. The number of halogens is 1. The Morgan fingerprint density at radius 1 is 1.44 bits per heavy atom. The molecule has 0 aliphatic heterocycles. The van der Waals surface area contributed by atoms with Gasteiger partial charge in [-0.15, -0.1) is 0 Å². The summed E-state index contributed by atoms with van der Waals surface area (Å²) < 4.78 is 22.0. The van der Waals surface area contributed by atoms with Crippen LogP contribution >= 0.6 is 11.6 Å². The van der Waals surface area contributed by atoms with E-state index in [4.69, 9.17) is 11.6 Å². The predicted octanol–water partition coefficient (Wildman–Crippen LogP) is 0.919. The molecular weight excluding hydrogens is 250 g/mol. The molecule has 0 N–H and O–H groups in total. The van der Waals surface area contributed by atoms with Crippen LogP contribution in [0.25, 0.3) is 0 Å². The number of rotatable bonds is 4. The molecule has 1 aromatic heterocycles. The Bertz CT molecular complexity index is 455. The summed E-state index contributed by atoms with van der Waals surface area (Å²) in [4.78, 5) is 9.69. The van der Waals surface area contributed by atoms with Crippen LogP contribution in [0.15, 0.2) is 6.07 Å². The lowest BCUT2D eigenvalue weighted by Gasteiger charge is -2.17. The SMILES string of the molecule is Cc1cc(N(C)CCS(C)(=O)=O)nc(Cl)n1. The summed E-state index contributed by atoms with van der Waals surface area (Å²) in [7, 11) is -1.20. The van der Waals surface area contributed by atoms with Crippen LogP contribution in [0.1, 0.15) is 5.69 Å². The van der Waals surface area contributed by atoms with Gasteiger partial charge in [0.1, 0.15) is 15.7 Å². The summed E-state index contributed by atoms with van der Waals surface area (Å²) in [5.41, 5.74) is 0.751. The second-order valence-electron chi connectivity index (χ2n) is 3.69. The molecule has 0 radical (unpaired) electrons. The zero-order valence-corrected chi connectivity index (χ0v) is 11.0. The van der Waals surface area contributed by atoms with E-state index in [0.29, 0.717) is 12.4 Å². The molecule has 0 saturated heterocycles. The van der Waals surface area contributed by atoms with Crippen LogP contribution < -0.4 is 4.90 Å². The highest BCUT2D eigenvalue weighted by Gasteiger charge is 2.09. The van der Waals surface area contributed by atoms with Crippen molar-refractivity contribution in [2.45, 2.75) is 6.92 Å². The fourth-order valence-electron chi connectivity index (χ4n) is 1.13. The van der Waals surface area contributed by atoms with Crippen molar-refractivity contribution in [2.24, 2.45) is 0 Å². The number of aryl methyl sites for hydroxylation is 1. The lowest BCUT2D eigenvalue weighted by atomic mass is 10.4. The number of anilines is 1. The Labute approximate surface area is 100 Å². The molecule has 0 aromatic carbocycles. The summed E-state index contributed by atoms with van der Waals surface area (Å²) in [6.45, 7) is 2.19. The highest BCUT2D eigenvalue weighted by Crippen LogP contribution is 2.13. The van der Waals surface area contributed by atoms with Crippen molar-refractivity contribution in [3.05, 3.63) is 17.0 Å². The first-order valence-corrected chi connectivity index (χ1v) is 7.12. The largest absolute Gasteiger partial charge is 0.359 e. The number of aromatic nitrogens is 2. The average Bonchev–Trinajstić information content (AvgIpc) is 2.11. The van der Waals surface area contributed by atoms with Crippen LogP contribution in [-0.2, 0) is 9.84 Å². The van der Waals surface area contributed by atoms with Gasteiger partial charge in [-0.2, -0.15) is 0 Å². The van der Waals surface area contributed by atoms with Gasteiger partial charge in [0, 0.05) is 31.6 Å². The van der Waals surface area contributed by atoms with Gasteiger partial charge in [0.25, 0.3) is 0 Å². The summed E-state index contributed by atoms with van der Waals surface area (Å²) >= 11 is 5.72. The highest BCUT2D eigenvalue weighted by atomic mass is 35.5. The number of hydrogen-bond acceptors (Lipinski definition) is 5. The molecule has 90 valence electrons. The molecule has 0 bridgehead atoms. The molecule has 1 rings (SSSR count). The van der Waals surface area contributed by atoms with E-state index >= 15 is 0 Å². The van der Waals surface area contributed by atoms with Gasteiger partial charge in [0.05, 0.1) is 5.75 Å². The predicted molar refractivity (Wildman–Crippen MR) is 64.8 cm³/mol. The molecule has 1 heterocycles. The van der Waals surface area contributed by atoms with E-state index in [2.05, 4.69) is 9.97 Å². The van der Waals surface area contributed by atoms with E-state index in [-0.39, 0.29) is 11.0 Å². The van der Waals surface area contributed by atoms with Crippen LogP contribution in [0.4, 0.5) is 5.82 Å². The average molecular weight is 264 g/mol. The van der Waals surface area contributed by atoms with Gasteiger partial charge in [0.2, 0.25) is 5.28 Å². The lowest BCUT2D eigenvalue weighted by Crippen LogP contribution is -2.25. The highest BCUT2D eigenvalue weighted by molar-refractivity contribution is 7.90. The monoisotopic (exact) mass is 263 g/mol. The van der Waals surface area contributed by atoms with Gasteiger partial charge in [-0.25, -0.2) is 18.4 Å². The van der Waals surface area contributed by atoms with Gasteiger partial charge in [-0.3, -0.25) is 0 Å². The van der Waals surface area contributed by atoms with E-state index in [0.717, 1.165) is 5.69 Å². The molecule has 1 aromatic rings. The third-order valence-corrected chi connectivity index (χ3v) is 3.10. The Morgan fingerprint density at radius 3 is 2.56 bits per heavy atom. The van der Waals surface area contributed by atoms with Crippen LogP contribution in [0.3, 0.4) is 0 Å². The fourth-order valence-corrected chi connectivity index (χ4v) is 1.95. The molecule has 0 unspecified atom stereocenters. The van der Waals surface area contributed by atoms with Crippen LogP contribution in [0.2, 0.25) is 5.28 Å². The lowest BCUT2D eigenvalue weighted by molar-refractivity contribution is 0.601. The van der Waals surface area contributed by atoms with Crippen molar-refractivity contribution in [1.82, 2.24) is 9.97 Å². The van der Waals surface area contributed by atoms with Crippen molar-refractivity contribution < 1.29 is 8.42 Å². The minimum absolute atomic E-state index is 0.0875. The van der Waals surface area contributed by atoms with Crippen LogP contribution in [0.5, 0.6) is 0 Å². The topological polar surface area (TPSA) is 63.2 Å². The Kier molecular flexibility index (Phi) is 4.09. The van der Waals surface area contributed by atoms with E-state index in [9.17, 15) is 8.42 Å². The zero-order valence-electron chi connectivity index (χ0n) is 9.44. The maximum Gasteiger partial charge on any atom is 0.224 e. The Hall–Kier alpha value is -0.880. The number of hydrogen-bond donors (Lipinski definition) is 0. The molecule has 16 heavy (non-hydrogen) atoms. The van der Waals surface area contributed by atoms with E-state index in [1.165, 1.54) is 6.26 Å². The van der Waals surface area contributed by atoms with Gasteiger partial charge in [-0.05, 0) is 18.5 Å². The Morgan fingerprint density at radius 2 is 2.06 bits per heavy atom. The first-order chi connectivity index (χ1) is 7.28. The van der Waals surface area contributed by atoms with Crippen molar-refractivity contribution in [3.63, 3.8) is 0 Å². The summed E-state index contributed by atoms with van der Waals surface area (Å²) in [5, 5.41) is 0.168. The molecule has 7 heteroatoms. The standard InChI is InChI=1S/C9H14ClN3O2S/c1-7-6-8(12-9(10)11-7)13(2)4-5-16(3,14)15/h6H,4-5H2,1-3H3. The molecule has 0 amide bonds. The molecule has 0 aliphatic carbocycles. The summed E-state index contributed by atoms with van der Waals surface area (Å²) in [6, 6.07) is 1.76. The molecule has 0 fully saturated rings. The molecule has 0 atom stereocenters. The molecule has 5 nitrogen and oxygen atoms in total. The van der Waals surface area contributed by atoms with Crippen molar-refractivity contribution in [1.29, 1.82) is 0 Å². The van der Waals surface area contributed by atoms with Crippen LogP contribution in [0, 0.1) is 6.92 Å². The summed E-state index contributed by atoms with van der Waals surface area (Å²) in [6.07, 6.45) is 1.21. The third kappa shape index (κ3) is 4.32. The summed E-state index contributed by atoms with van der Waals surface area (Å²) in [5.74, 6) is 0.714. The normalized spacial score (nSPS) is 11.5. The molecule has 0 saturated carbocycles. The quantitative estimate of drug-likeness (QED) is 0.756. The first kappa shape index (κ1) is 13.2. The van der Waals surface area contributed by atoms with E-state index in [1.54, 1.807) is 18.0 Å². The molecule has 0 spiro atoms. The second-order valence-corrected chi connectivity index (χ2v) is 6.29. The fraction of sp³-hybridized carbons (Fsp3) is 0.556. The second kappa shape index (κ2) is 4.97. The first-order valence-electron chi connectivity index (χ1n) is 4.68. The number of nitrogens with zero attached hydrogens (tertiary/aromatic N) is 3. The maximum absolute atomic E-state index is 11.0.